The van der Waals surface area contributed by atoms with Gasteiger partial charge in [0.15, 0.2) is 11.5 Å². The number of hydrogen-bond donors (Lipinski definition) is 0. The molecule has 0 unspecified atom stereocenters. The number of halogens is 1. The van der Waals surface area contributed by atoms with Crippen LogP contribution in [0.25, 0.3) is 0 Å². The van der Waals surface area contributed by atoms with Gasteiger partial charge in [0.1, 0.15) is 4.90 Å². The van der Waals surface area contributed by atoms with Gasteiger partial charge in [0.05, 0.1) is 26.4 Å². The quantitative estimate of drug-likeness (QED) is 0.732. The van der Waals surface area contributed by atoms with Gasteiger partial charge in [-0.2, -0.15) is 4.31 Å². The highest BCUT2D eigenvalue weighted by molar-refractivity contribution is 7.89. The molecule has 0 heterocycles. The molecule has 0 fully saturated rings. The first-order valence-electron chi connectivity index (χ1n) is 7.35. The van der Waals surface area contributed by atoms with E-state index >= 15 is 0 Å². The molecule has 0 aromatic heterocycles. The van der Waals surface area contributed by atoms with Crippen LogP contribution in [0.15, 0.2) is 41.3 Å². The van der Waals surface area contributed by atoms with Crippen molar-refractivity contribution in [3.8, 4) is 17.2 Å². The highest BCUT2D eigenvalue weighted by Crippen LogP contribution is 2.40. The molecule has 8 heteroatoms. The maximum absolute atomic E-state index is 12.8. The molecule has 0 aliphatic rings. The van der Waals surface area contributed by atoms with Gasteiger partial charge in [-0.15, -0.1) is 0 Å². The predicted octanol–water partition coefficient (Wildman–Crippen LogP) is 3.19. The van der Waals surface area contributed by atoms with Crippen molar-refractivity contribution in [1.29, 1.82) is 0 Å². The van der Waals surface area contributed by atoms with Gasteiger partial charge in [-0.1, -0.05) is 29.8 Å². The van der Waals surface area contributed by atoms with Gasteiger partial charge in [0.2, 0.25) is 15.8 Å². The molecule has 0 saturated heterocycles. The summed E-state index contributed by atoms with van der Waals surface area (Å²) in [5.41, 5.74) is 0.637. The van der Waals surface area contributed by atoms with E-state index < -0.39 is 10.0 Å². The molecule has 0 amide bonds. The summed E-state index contributed by atoms with van der Waals surface area (Å²) in [6.45, 7) is 0.0804. The number of ether oxygens (including phenoxy) is 3. The molecule has 2 aromatic carbocycles. The molecular weight excluding hydrogens is 366 g/mol. The molecule has 136 valence electrons. The van der Waals surface area contributed by atoms with E-state index in [1.54, 1.807) is 30.3 Å². The Kier molecular flexibility index (Phi) is 6.16. The van der Waals surface area contributed by atoms with E-state index in [-0.39, 0.29) is 16.5 Å². The van der Waals surface area contributed by atoms with Crippen LogP contribution in [-0.2, 0) is 16.6 Å². The Bertz CT molecular complexity index is 854. The fourth-order valence-electron chi connectivity index (χ4n) is 2.43. The minimum Gasteiger partial charge on any atom is -0.493 e. The number of rotatable bonds is 7. The Balaban J connectivity index is 2.41. The lowest BCUT2D eigenvalue weighted by molar-refractivity contribution is 0.319. The monoisotopic (exact) mass is 385 g/mol. The lowest BCUT2D eigenvalue weighted by Crippen LogP contribution is -2.27. The smallest absolute Gasteiger partial charge is 0.244 e. The Labute approximate surface area is 152 Å². The molecule has 0 aliphatic carbocycles. The van der Waals surface area contributed by atoms with E-state index in [9.17, 15) is 8.42 Å². The first kappa shape index (κ1) is 19.4. The van der Waals surface area contributed by atoms with Crippen molar-refractivity contribution in [2.24, 2.45) is 0 Å². The first-order chi connectivity index (χ1) is 11.9. The summed E-state index contributed by atoms with van der Waals surface area (Å²) in [5.74, 6) is 1.33. The second-order valence-electron chi connectivity index (χ2n) is 5.18. The summed E-state index contributed by atoms with van der Waals surface area (Å²) >= 11 is 6.03. The van der Waals surface area contributed by atoms with E-state index in [4.69, 9.17) is 25.8 Å². The van der Waals surface area contributed by atoms with Gasteiger partial charge in [-0.05, 0) is 18.2 Å². The molecule has 0 spiro atoms. The maximum atomic E-state index is 12.8. The summed E-state index contributed by atoms with van der Waals surface area (Å²) < 4.78 is 42.7. The van der Waals surface area contributed by atoms with Gasteiger partial charge in [-0.3, -0.25) is 0 Å². The number of hydrogen-bond acceptors (Lipinski definition) is 5. The summed E-state index contributed by atoms with van der Waals surface area (Å²) in [7, 11) is 2.23. The van der Waals surface area contributed by atoms with Crippen LogP contribution in [0.3, 0.4) is 0 Å². The fourth-order valence-corrected chi connectivity index (χ4v) is 4.07. The van der Waals surface area contributed by atoms with E-state index in [1.807, 2.05) is 0 Å². The molecule has 0 saturated carbocycles. The van der Waals surface area contributed by atoms with E-state index in [0.717, 1.165) is 0 Å². The second-order valence-corrected chi connectivity index (χ2v) is 7.61. The van der Waals surface area contributed by atoms with Crippen molar-refractivity contribution in [2.75, 3.05) is 28.4 Å². The minimum absolute atomic E-state index is 0.0543. The van der Waals surface area contributed by atoms with Crippen molar-refractivity contribution in [1.82, 2.24) is 4.31 Å². The summed E-state index contributed by atoms with van der Waals surface area (Å²) in [6.07, 6.45) is 0. The molecule has 0 bridgehead atoms. The van der Waals surface area contributed by atoms with Gasteiger partial charge >= 0.3 is 0 Å². The maximum Gasteiger partial charge on any atom is 0.244 e. The second kappa shape index (κ2) is 7.95. The van der Waals surface area contributed by atoms with Gasteiger partial charge in [0, 0.05) is 19.2 Å². The molecule has 2 aromatic rings. The van der Waals surface area contributed by atoms with Crippen molar-refractivity contribution in [3.63, 3.8) is 0 Å². The van der Waals surface area contributed by atoms with E-state index in [0.29, 0.717) is 22.8 Å². The molecule has 25 heavy (non-hydrogen) atoms. The molecule has 0 atom stereocenters. The van der Waals surface area contributed by atoms with Crippen molar-refractivity contribution < 1.29 is 22.6 Å². The lowest BCUT2D eigenvalue weighted by atomic mass is 10.1. The fraction of sp³-hybridized carbons (Fsp3) is 0.294. The van der Waals surface area contributed by atoms with Crippen LogP contribution in [0.5, 0.6) is 17.2 Å². The molecule has 2 rings (SSSR count). The summed E-state index contributed by atoms with van der Waals surface area (Å²) in [5, 5.41) is 0.175. The van der Waals surface area contributed by atoms with Crippen LogP contribution >= 0.6 is 11.6 Å². The third-order valence-electron chi connectivity index (χ3n) is 3.70. The standard InChI is InChI=1S/C17H20ClNO5S/c1-19(25(20,21)15-8-6-5-7-13(15)18)11-12-9-10-14(22-2)17(24-4)16(12)23-3/h5-10H,11H2,1-4H3. The third-order valence-corrected chi connectivity index (χ3v) is 6.01. The number of nitrogens with zero attached hydrogens (tertiary/aromatic N) is 1. The van der Waals surface area contributed by atoms with Crippen molar-refractivity contribution in [3.05, 3.63) is 47.0 Å². The van der Waals surface area contributed by atoms with Crippen molar-refractivity contribution in [2.45, 2.75) is 11.4 Å². The number of benzene rings is 2. The minimum atomic E-state index is -3.75. The summed E-state index contributed by atoms with van der Waals surface area (Å²) in [4.78, 5) is 0.0543. The SMILES string of the molecule is COc1ccc(CN(C)S(=O)(=O)c2ccccc2Cl)c(OC)c1OC. The molecule has 0 aliphatic heterocycles. The van der Waals surface area contributed by atoms with Crippen molar-refractivity contribution >= 4 is 21.6 Å². The lowest BCUT2D eigenvalue weighted by Gasteiger charge is -2.21. The molecule has 0 radical (unpaired) electrons. The molecule has 0 N–H and O–H groups in total. The summed E-state index contributed by atoms with van der Waals surface area (Å²) in [6, 6.07) is 9.76. The highest BCUT2D eigenvalue weighted by Gasteiger charge is 2.25. The van der Waals surface area contributed by atoms with Crippen LogP contribution in [0, 0.1) is 0 Å². The van der Waals surface area contributed by atoms with Crippen LogP contribution in [-0.4, -0.2) is 41.1 Å². The Hall–Kier alpha value is -1.96. The zero-order valence-electron chi connectivity index (χ0n) is 14.4. The van der Waals surface area contributed by atoms with Gasteiger partial charge in [0.25, 0.3) is 0 Å². The first-order valence-corrected chi connectivity index (χ1v) is 9.17. The zero-order valence-corrected chi connectivity index (χ0v) is 16.0. The third kappa shape index (κ3) is 3.84. The Morgan fingerprint density at radius 2 is 1.60 bits per heavy atom. The molecular formula is C17H20ClNO5S. The normalized spacial score (nSPS) is 11.4. The highest BCUT2D eigenvalue weighted by atomic mass is 35.5. The topological polar surface area (TPSA) is 65.1 Å². The van der Waals surface area contributed by atoms with E-state index in [2.05, 4.69) is 0 Å². The van der Waals surface area contributed by atoms with E-state index in [1.165, 1.54) is 38.7 Å². The number of sulfonamides is 1. The van der Waals surface area contributed by atoms with Crippen LogP contribution in [0.2, 0.25) is 5.02 Å². The van der Waals surface area contributed by atoms with Crippen LogP contribution in [0.1, 0.15) is 5.56 Å². The molecule has 6 nitrogen and oxygen atoms in total. The predicted molar refractivity (Wildman–Crippen MR) is 96.2 cm³/mol. The average molecular weight is 386 g/mol. The van der Waals surface area contributed by atoms with Gasteiger partial charge < -0.3 is 14.2 Å². The largest absolute Gasteiger partial charge is 0.493 e. The van der Waals surface area contributed by atoms with Crippen LogP contribution in [0.4, 0.5) is 0 Å². The zero-order chi connectivity index (χ0) is 18.6. The Morgan fingerprint density at radius 1 is 0.960 bits per heavy atom. The number of methoxy groups -OCH3 is 3. The Morgan fingerprint density at radius 3 is 2.16 bits per heavy atom. The van der Waals surface area contributed by atoms with Gasteiger partial charge in [-0.25, -0.2) is 8.42 Å². The van der Waals surface area contributed by atoms with Crippen LogP contribution < -0.4 is 14.2 Å². The average Bonchev–Trinajstić information content (AvgIpc) is 2.61.